The summed E-state index contributed by atoms with van der Waals surface area (Å²) in [7, 11) is 3.33. The molecule has 6 nitrogen and oxygen atoms in total. The summed E-state index contributed by atoms with van der Waals surface area (Å²) < 4.78 is 18.2. The molecule has 1 fully saturated rings. The third-order valence-electron chi connectivity index (χ3n) is 7.29. The fourth-order valence-electron chi connectivity index (χ4n) is 5.50. The number of para-hydroxylation sites is 2. The van der Waals surface area contributed by atoms with Crippen molar-refractivity contribution in [2.75, 3.05) is 27.3 Å². The topological polar surface area (TPSA) is 77.0 Å². The van der Waals surface area contributed by atoms with Crippen LogP contribution < -0.4 is 14.8 Å². The van der Waals surface area contributed by atoms with Gasteiger partial charge in [0.25, 0.3) is 0 Å². The second kappa shape index (κ2) is 11.2. The first-order valence-electron chi connectivity index (χ1n) is 12.7. The van der Waals surface area contributed by atoms with Gasteiger partial charge < -0.3 is 24.6 Å². The third-order valence-corrected chi connectivity index (χ3v) is 8.72. The molecular formula is C30H33NO5S. The fourth-order valence-corrected chi connectivity index (χ4v) is 6.82. The van der Waals surface area contributed by atoms with Gasteiger partial charge in [-0.25, -0.2) is 0 Å². The van der Waals surface area contributed by atoms with Gasteiger partial charge in [-0.15, -0.1) is 11.8 Å². The Morgan fingerprint density at radius 1 is 0.973 bits per heavy atom. The van der Waals surface area contributed by atoms with Crippen LogP contribution in [0.3, 0.4) is 0 Å². The highest BCUT2D eigenvalue weighted by atomic mass is 32.2. The van der Waals surface area contributed by atoms with Crippen LogP contribution in [0.1, 0.15) is 35.1 Å². The molecule has 3 aromatic carbocycles. The van der Waals surface area contributed by atoms with E-state index in [1.165, 1.54) is 11.8 Å². The molecule has 2 aliphatic heterocycles. The molecule has 0 bridgehead atoms. The van der Waals surface area contributed by atoms with Crippen LogP contribution in [0, 0.1) is 0 Å². The van der Waals surface area contributed by atoms with Crippen molar-refractivity contribution in [3.63, 3.8) is 0 Å². The number of piperidine rings is 1. The number of nitrogens with one attached hydrogen (secondary N) is 1. The van der Waals surface area contributed by atoms with Gasteiger partial charge in [-0.3, -0.25) is 4.79 Å². The van der Waals surface area contributed by atoms with Crippen molar-refractivity contribution < 1.29 is 24.1 Å². The van der Waals surface area contributed by atoms with Crippen molar-refractivity contribution in [2.45, 2.75) is 47.5 Å². The Balaban J connectivity index is 1.61. The van der Waals surface area contributed by atoms with E-state index in [-0.39, 0.29) is 6.10 Å². The monoisotopic (exact) mass is 519 g/mol. The van der Waals surface area contributed by atoms with E-state index in [9.17, 15) is 9.90 Å². The highest BCUT2D eigenvalue weighted by molar-refractivity contribution is 8.01. The molecule has 2 heterocycles. The first kappa shape index (κ1) is 25.6. The Labute approximate surface area is 222 Å². The molecule has 0 spiro atoms. The van der Waals surface area contributed by atoms with Crippen LogP contribution in [0.2, 0.25) is 0 Å². The maximum absolute atomic E-state index is 12.8. The molecule has 3 aromatic rings. The van der Waals surface area contributed by atoms with E-state index in [1.54, 1.807) is 14.2 Å². The summed E-state index contributed by atoms with van der Waals surface area (Å²) in [5.41, 5.74) is 3.03. The van der Waals surface area contributed by atoms with Crippen molar-refractivity contribution in [3.05, 3.63) is 89.0 Å². The number of hydrogen-bond acceptors (Lipinski definition) is 6. The number of carbonyl (C=O) groups is 1. The van der Waals surface area contributed by atoms with Crippen LogP contribution in [-0.4, -0.2) is 49.7 Å². The van der Waals surface area contributed by atoms with E-state index in [0.717, 1.165) is 64.6 Å². The molecule has 7 heteroatoms. The zero-order chi connectivity index (χ0) is 25.8. The third kappa shape index (κ3) is 5.21. The largest absolute Gasteiger partial charge is 0.496 e. The highest BCUT2D eigenvalue weighted by Crippen LogP contribution is 2.54. The summed E-state index contributed by atoms with van der Waals surface area (Å²) in [5, 5.41) is 13.1. The standard InChI is InChI=1S/C30H33NO5S/c1-34-25-9-5-3-7-21(25)17-20-11-12-27-24(18-20)30(28(37-27)29(32)33,36-23-13-15-31-16-14-23)19-22-8-4-6-10-26(22)35-2/h3-12,18,23,28,31H,13-17,19H2,1-2H3,(H,32,33). The lowest BCUT2D eigenvalue weighted by Crippen LogP contribution is -2.48. The van der Waals surface area contributed by atoms with Crippen molar-refractivity contribution >= 4 is 17.7 Å². The van der Waals surface area contributed by atoms with Gasteiger partial charge in [0.15, 0.2) is 0 Å². The fraction of sp³-hybridized carbons (Fsp3) is 0.367. The molecular weight excluding hydrogens is 486 g/mol. The van der Waals surface area contributed by atoms with Crippen molar-refractivity contribution in [1.82, 2.24) is 5.32 Å². The van der Waals surface area contributed by atoms with E-state index < -0.39 is 16.8 Å². The lowest BCUT2D eigenvalue weighted by atomic mass is 9.82. The van der Waals surface area contributed by atoms with E-state index >= 15 is 0 Å². The van der Waals surface area contributed by atoms with Crippen LogP contribution in [0.4, 0.5) is 0 Å². The van der Waals surface area contributed by atoms with Crippen LogP contribution in [0.15, 0.2) is 71.6 Å². The van der Waals surface area contributed by atoms with E-state index in [0.29, 0.717) is 12.8 Å². The molecule has 0 saturated carbocycles. The Morgan fingerprint density at radius 2 is 1.62 bits per heavy atom. The number of methoxy groups -OCH3 is 2. The highest BCUT2D eigenvalue weighted by Gasteiger charge is 2.54. The maximum atomic E-state index is 12.8. The molecule has 5 rings (SSSR count). The van der Waals surface area contributed by atoms with Gasteiger partial charge >= 0.3 is 5.97 Å². The molecule has 194 valence electrons. The Hall–Kier alpha value is -3.00. The predicted octanol–water partition coefficient (Wildman–Crippen LogP) is 5.06. The van der Waals surface area contributed by atoms with Crippen LogP contribution in [0.25, 0.3) is 0 Å². The van der Waals surface area contributed by atoms with Gasteiger partial charge in [0.2, 0.25) is 0 Å². The van der Waals surface area contributed by atoms with Crippen molar-refractivity contribution in [3.8, 4) is 11.5 Å². The molecule has 2 aliphatic rings. The average Bonchev–Trinajstić information content (AvgIpc) is 3.23. The quantitative estimate of drug-likeness (QED) is 0.409. The van der Waals surface area contributed by atoms with Gasteiger partial charge in [0, 0.05) is 17.7 Å². The Kier molecular flexibility index (Phi) is 7.74. The first-order chi connectivity index (χ1) is 18.0. The number of aliphatic carboxylic acids is 1. The molecule has 0 aromatic heterocycles. The number of benzene rings is 3. The van der Waals surface area contributed by atoms with Crippen molar-refractivity contribution in [2.24, 2.45) is 0 Å². The number of fused-ring (bicyclic) bond motifs is 1. The molecule has 2 atom stereocenters. The molecule has 2 N–H and O–H groups in total. The smallest absolute Gasteiger partial charge is 0.320 e. The second-order valence-corrected chi connectivity index (χ2v) is 10.7. The molecule has 37 heavy (non-hydrogen) atoms. The van der Waals surface area contributed by atoms with Gasteiger partial charge in [-0.1, -0.05) is 48.5 Å². The number of hydrogen-bond donors (Lipinski definition) is 2. The molecule has 0 aliphatic carbocycles. The lowest BCUT2D eigenvalue weighted by Gasteiger charge is -2.39. The Morgan fingerprint density at radius 3 is 2.30 bits per heavy atom. The molecule has 0 radical (unpaired) electrons. The molecule has 1 saturated heterocycles. The summed E-state index contributed by atoms with van der Waals surface area (Å²) in [4.78, 5) is 13.7. The normalized spacial score (nSPS) is 21.4. The Bertz CT molecular complexity index is 1260. The van der Waals surface area contributed by atoms with Crippen LogP contribution in [0.5, 0.6) is 11.5 Å². The van der Waals surface area contributed by atoms with Gasteiger partial charge in [-0.2, -0.15) is 0 Å². The zero-order valence-electron chi connectivity index (χ0n) is 21.2. The number of ether oxygens (including phenoxy) is 3. The average molecular weight is 520 g/mol. The summed E-state index contributed by atoms with van der Waals surface area (Å²) in [6, 6.07) is 22.1. The SMILES string of the molecule is COc1ccccc1Cc1ccc2c(c1)C(Cc1ccccc1OC)(OC1CCNCC1)C(C(=O)O)S2. The van der Waals surface area contributed by atoms with E-state index in [1.807, 2.05) is 42.5 Å². The second-order valence-electron chi connectivity index (χ2n) is 9.60. The minimum atomic E-state index is -1.03. The minimum Gasteiger partial charge on any atom is -0.496 e. The van der Waals surface area contributed by atoms with Gasteiger partial charge in [0.05, 0.1) is 20.3 Å². The van der Waals surface area contributed by atoms with Crippen LogP contribution >= 0.6 is 11.8 Å². The number of rotatable bonds is 9. The van der Waals surface area contributed by atoms with E-state index in [4.69, 9.17) is 14.2 Å². The summed E-state index contributed by atoms with van der Waals surface area (Å²) in [6.07, 6.45) is 2.76. The van der Waals surface area contributed by atoms with E-state index in [2.05, 4.69) is 29.6 Å². The van der Waals surface area contributed by atoms with Crippen LogP contribution in [-0.2, 0) is 28.0 Å². The maximum Gasteiger partial charge on any atom is 0.320 e. The lowest BCUT2D eigenvalue weighted by molar-refractivity contribution is -0.152. The molecule has 2 unspecified atom stereocenters. The summed E-state index contributed by atoms with van der Waals surface area (Å²) >= 11 is 1.39. The van der Waals surface area contributed by atoms with Gasteiger partial charge in [-0.05, 0) is 66.4 Å². The molecule has 0 amide bonds. The van der Waals surface area contributed by atoms with Crippen molar-refractivity contribution in [1.29, 1.82) is 0 Å². The number of carboxylic acid groups (broad SMARTS) is 1. The minimum absolute atomic E-state index is 0.0257. The summed E-state index contributed by atoms with van der Waals surface area (Å²) in [5.74, 6) is 0.715. The number of carboxylic acids is 1. The summed E-state index contributed by atoms with van der Waals surface area (Å²) in [6.45, 7) is 1.72. The number of thioether (sulfide) groups is 1. The first-order valence-corrected chi connectivity index (χ1v) is 13.6. The zero-order valence-corrected chi connectivity index (χ0v) is 22.1. The predicted molar refractivity (Wildman–Crippen MR) is 145 cm³/mol. The van der Waals surface area contributed by atoms with Gasteiger partial charge in [0.1, 0.15) is 22.4 Å².